The summed E-state index contributed by atoms with van der Waals surface area (Å²) in [5, 5.41) is 4.13. The molecule has 0 aliphatic carbocycles. The predicted octanol–water partition coefficient (Wildman–Crippen LogP) is 2.75. The van der Waals surface area contributed by atoms with E-state index in [9.17, 15) is 9.59 Å². The van der Waals surface area contributed by atoms with Crippen molar-refractivity contribution in [2.45, 2.75) is 38.1 Å². The van der Waals surface area contributed by atoms with Gasteiger partial charge in [-0.15, -0.1) is 11.3 Å². The van der Waals surface area contributed by atoms with Gasteiger partial charge >= 0.3 is 0 Å². The largest absolute Gasteiger partial charge is 0.346 e. The van der Waals surface area contributed by atoms with Gasteiger partial charge in [-0.3, -0.25) is 14.6 Å². The highest BCUT2D eigenvalue weighted by atomic mass is 32.1. The number of likely N-dealkylation sites (tertiary alicyclic amines) is 1. The molecule has 4 saturated heterocycles. The van der Waals surface area contributed by atoms with Crippen LogP contribution in [0.1, 0.15) is 52.3 Å². The first-order valence-corrected chi connectivity index (χ1v) is 11.2. The van der Waals surface area contributed by atoms with E-state index in [1.807, 2.05) is 17.0 Å². The number of rotatable bonds is 3. The second kappa shape index (κ2) is 7.44. The third kappa shape index (κ3) is 3.42. The van der Waals surface area contributed by atoms with Crippen molar-refractivity contribution in [2.75, 3.05) is 32.7 Å². The SMILES string of the molecule is O=C(N[C@H]1CN2CCC1CC2)c1cc2sc(C(=O)N3CCCCC3)cc2cn1. The van der Waals surface area contributed by atoms with Gasteiger partial charge in [0.2, 0.25) is 0 Å². The molecular formula is C21H26N4O2S. The van der Waals surface area contributed by atoms with Gasteiger partial charge in [-0.05, 0) is 63.2 Å². The van der Waals surface area contributed by atoms with E-state index in [-0.39, 0.29) is 17.9 Å². The highest BCUT2D eigenvalue weighted by Gasteiger charge is 2.35. The van der Waals surface area contributed by atoms with Gasteiger partial charge in [0.1, 0.15) is 5.69 Å². The lowest BCUT2D eigenvalue weighted by Crippen LogP contribution is -2.57. The molecule has 1 atom stereocenters. The molecule has 4 aliphatic rings. The molecule has 0 saturated carbocycles. The number of pyridine rings is 1. The zero-order valence-corrected chi connectivity index (χ0v) is 16.8. The van der Waals surface area contributed by atoms with Crippen molar-refractivity contribution in [1.82, 2.24) is 20.1 Å². The van der Waals surface area contributed by atoms with E-state index in [0.29, 0.717) is 11.6 Å². The Hall–Kier alpha value is -1.99. The minimum atomic E-state index is -0.0991. The molecular weight excluding hydrogens is 372 g/mol. The molecule has 6 nitrogen and oxygen atoms in total. The van der Waals surface area contributed by atoms with Crippen molar-refractivity contribution in [3.63, 3.8) is 0 Å². The molecule has 0 radical (unpaired) electrons. The van der Waals surface area contributed by atoms with Crippen molar-refractivity contribution >= 4 is 33.2 Å². The quantitative estimate of drug-likeness (QED) is 0.863. The van der Waals surface area contributed by atoms with Crippen LogP contribution in [0.25, 0.3) is 10.1 Å². The second-order valence-corrected chi connectivity index (χ2v) is 9.37. The Bertz CT molecular complexity index is 897. The molecule has 4 fully saturated rings. The van der Waals surface area contributed by atoms with Gasteiger partial charge < -0.3 is 15.1 Å². The molecule has 2 amide bonds. The number of hydrogen-bond donors (Lipinski definition) is 1. The molecule has 2 bridgehead atoms. The summed E-state index contributed by atoms with van der Waals surface area (Å²) in [6.07, 6.45) is 7.45. The van der Waals surface area contributed by atoms with Gasteiger partial charge in [-0.1, -0.05) is 0 Å². The number of carbonyl (C=O) groups excluding carboxylic acids is 2. The Morgan fingerprint density at radius 2 is 1.86 bits per heavy atom. The van der Waals surface area contributed by atoms with Crippen LogP contribution in [0, 0.1) is 5.92 Å². The van der Waals surface area contributed by atoms with Gasteiger partial charge in [-0.25, -0.2) is 0 Å². The standard InChI is InChI=1S/C21H26N4O2S/c26-20(23-17-13-24-8-4-14(17)5-9-24)16-11-18-15(12-22-16)10-19(28-18)21(27)25-6-2-1-3-7-25/h10-12,14,17H,1-9,13H2,(H,23,26)/t17-/m0/s1. The van der Waals surface area contributed by atoms with Crippen molar-refractivity contribution in [3.8, 4) is 0 Å². The molecule has 1 N–H and O–H groups in total. The first-order chi connectivity index (χ1) is 13.7. The van der Waals surface area contributed by atoms with E-state index >= 15 is 0 Å². The average Bonchev–Trinajstić information content (AvgIpc) is 3.18. The number of carbonyl (C=O) groups is 2. The summed E-state index contributed by atoms with van der Waals surface area (Å²) in [5.74, 6) is 0.602. The fourth-order valence-corrected chi connectivity index (χ4v) is 5.83. The van der Waals surface area contributed by atoms with Crippen LogP contribution in [-0.2, 0) is 0 Å². The molecule has 0 spiro atoms. The maximum atomic E-state index is 12.8. The van der Waals surface area contributed by atoms with Gasteiger partial charge in [0.15, 0.2) is 0 Å². The highest BCUT2D eigenvalue weighted by Crippen LogP contribution is 2.29. The average molecular weight is 399 g/mol. The molecule has 6 rings (SSSR count). The smallest absolute Gasteiger partial charge is 0.270 e. The predicted molar refractivity (Wildman–Crippen MR) is 110 cm³/mol. The molecule has 148 valence electrons. The van der Waals surface area contributed by atoms with E-state index in [1.54, 1.807) is 6.20 Å². The monoisotopic (exact) mass is 398 g/mol. The van der Waals surface area contributed by atoms with E-state index in [0.717, 1.165) is 60.5 Å². The van der Waals surface area contributed by atoms with Crippen LogP contribution in [0.4, 0.5) is 0 Å². The fourth-order valence-electron chi connectivity index (χ4n) is 4.79. The molecule has 0 unspecified atom stereocenters. The number of hydrogen-bond acceptors (Lipinski definition) is 5. The maximum Gasteiger partial charge on any atom is 0.270 e. The third-order valence-electron chi connectivity index (χ3n) is 6.46. The molecule has 6 heterocycles. The Kier molecular flexibility index (Phi) is 4.80. The van der Waals surface area contributed by atoms with Crippen LogP contribution in [-0.4, -0.2) is 65.4 Å². The molecule has 0 aromatic carbocycles. The number of aromatic nitrogens is 1. The van der Waals surface area contributed by atoms with Crippen LogP contribution in [0.5, 0.6) is 0 Å². The number of nitrogens with zero attached hydrogens (tertiary/aromatic N) is 3. The molecule has 28 heavy (non-hydrogen) atoms. The van der Waals surface area contributed by atoms with Crippen molar-refractivity contribution in [1.29, 1.82) is 0 Å². The third-order valence-corrected chi connectivity index (χ3v) is 7.55. The zero-order valence-electron chi connectivity index (χ0n) is 16.0. The van der Waals surface area contributed by atoms with Crippen LogP contribution >= 0.6 is 11.3 Å². The fraction of sp³-hybridized carbons (Fsp3) is 0.571. The van der Waals surface area contributed by atoms with Crippen molar-refractivity contribution in [2.24, 2.45) is 5.92 Å². The van der Waals surface area contributed by atoms with Crippen molar-refractivity contribution in [3.05, 3.63) is 28.9 Å². The summed E-state index contributed by atoms with van der Waals surface area (Å²) in [6, 6.07) is 3.98. The summed E-state index contributed by atoms with van der Waals surface area (Å²) >= 11 is 1.47. The summed E-state index contributed by atoms with van der Waals surface area (Å²) in [5.41, 5.74) is 0.447. The van der Waals surface area contributed by atoms with Gasteiger partial charge in [0, 0.05) is 42.0 Å². The summed E-state index contributed by atoms with van der Waals surface area (Å²) in [7, 11) is 0. The lowest BCUT2D eigenvalue weighted by molar-refractivity contribution is 0.0617. The van der Waals surface area contributed by atoms with Gasteiger partial charge in [0.05, 0.1) is 4.88 Å². The molecule has 7 heteroatoms. The van der Waals surface area contributed by atoms with E-state index < -0.39 is 0 Å². The van der Waals surface area contributed by atoms with Gasteiger partial charge in [0.25, 0.3) is 11.8 Å². The molecule has 4 aliphatic heterocycles. The Balaban J connectivity index is 1.32. The lowest BCUT2D eigenvalue weighted by Gasteiger charge is -2.44. The summed E-state index contributed by atoms with van der Waals surface area (Å²) in [4.78, 5) is 35.0. The Morgan fingerprint density at radius 3 is 2.57 bits per heavy atom. The van der Waals surface area contributed by atoms with Crippen LogP contribution in [0.3, 0.4) is 0 Å². The lowest BCUT2D eigenvalue weighted by atomic mass is 9.84. The zero-order chi connectivity index (χ0) is 19.1. The number of nitrogens with one attached hydrogen (secondary N) is 1. The minimum Gasteiger partial charge on any atom is -0.346 e. The number of amides is 2. The Morgan fingerprint density at radius 1 is 1.07 bits per heavy atom. The van der Waals surface area contributed by atoms with Crippen LogP contribution in [0.15, 0.2) is 18.3 Å². The topological polar surface area (TPSA) is 65.5 Å². The normalized spacial score (nSPS) is 27.1. The number of fused-ring (bicyclic) bond motifs is 4. The first kappa shape index (κ1) is 18.1. The van der Waals surface area contributed by atoms with Crippen LogP contribution < -0.4 is 5.32 Å². The van der Waals surface area contributed by atoms with E-state index in [1.165, 1.54) is 30.6 Å². The molecule has 2 aromatic rings. The first-order valence-electron chi connectivity index (χ1n) is 10.4. The second-order valence-electron chi connectivity index (χ2n) is 8.29. The highest BCUT2D eigenvalue weighted by molar-refractivity contribution is 7.20. The number of piperidine rings is 4. The maximum absolute atomic E-state index is 12.8. The molecule has 2 aromatic heterocycles. The van der Waals surface area contributed by atoms with E-state index in [4.69, 9.17) is 0 Å². The van der Waals surface area contributed by atoms with Gasteiger partial charge in [-0.2, -0.15) is 0 Å². The van der Waals surface area contributed by atoms with Crippen molar-refractivity contribution < 1.29 is 9.59 Å². The number of thiophene rings is 1. The Labute approximate surface area is 168 Å². The summed E-state index contributed by atoms with van der Waals surface area (Å²) in [6.45, 7) is 4.96. The summed E-state index contributed by atoms with van der Waals surface area (Å²) < 4.78 is 0.953. The minimum absolute atomic E-state index is 0.0991. The van der Waals surface area contributed by atoms with E-state index in [2.05, 4.69) is 15.2 Å². The van der Waals surface area contributed by atoms with Crippen LogP contribution in [0.2, 0.25) is 0 Å².